The molecule has 0 saturated heterocycles. The van der Waals surface area contributed by atoms with Crippen molar-refractivity contribution < 1.29 is 0 Å². The fourth-order valence-electron chi connectivity index (χ4n) is 10.7. The second-order valence-corrected chi connectivity index (χ2v) is 16.5. The molecule has 1 nitrogen and oxygen atoms in total. The quantitative estimate of drug-likeness (QED) is 0.175. The summed E-state index contributed by atoms with van der Waals surface area (Å²) in [5, 5.41) is 2.54. The summed E-state index contributed by atoms with van der Waals surface area (Å²) in [4.78, 5) is 2.48. The molecule has 268 valence electrons. The largest absolute Gasteiger partial charge is 0.310 e. The topological polar surface area (TPSA) is 3.24 Å². The molecule has 0 aromatic heterocycles. The minimum absolute atomic E-state index is 0.117. The van der Waals surface area contributed by atoms with Crippen LogP contribution in [0.5, 0.6) is 0 Å². The van der Waals surface area contributed by atoms with Crippen LogP contribution in [-0.4, -0.2) is 0 Å². The normalized spacial score (nSPS) is 14.4. The zero-order chi connectivity index (χ0) is 37.9. The average molecular weight is 726 g/mol. The number of nitrogens with zero attached hydrogens (tertiary/aromatic N) is 1. The maximum Gasteiger partial charge on any atom is 0.0726 e. The fourth-order valence-corrected chi connectivity index (χ4v) is 10.7. The van der Waals surface area contributed by atoms with Gasteiger partial charge in [-0.15, -0.1) is 0 Å². The van der Waals surface area contributed by atoms with E-state index in [9.17, 15) is 0 Å². The second kappa shape index (κ2) is 11.8. The summed E-state index contributed by atoms with van der Waals surface area (Å²) >= 11 is 0. The van der Waals surface area contributed by atoms with Crippen molar-refractivity contribution in [1.29, 1.82) is 0 Å². The highest BCUT2D eigenvalue weighted by Crippen LogP contribution is 2.64. The van der Waals surface area contributed by atoms with Crippen LogP contribution in [0.2, 0.25) is 0 Å². The summed E-state index contributed by atoms with van der Waals surface area (Å²) in [5.74, 6) is 0. The molecule has 1 heteroatoms. The average Bonchev–Trinajstić information content (AvgIpc) is 3.81. The Morgan fingerprint density at radius 1 is 0.298 bits per heavy atom. The van der Waals surface area contributed by atoms with E-state index in [0.717, 1.165) is 17.1 Å². The van der Waals surface area contributed by atoms with Gasteiger partial charge in [0.05, 0.1) is 5.41 Å². The van der Waals surface area contributed by atoms with E-state index in [0.29, 0.717) is 0 Å². The molecule has 0 aliphatic heterocycles. The highest BCUT2D eigenvalue weighted by molar-refractivity contribution is 6.01. The Bertz CT molecular complexity index is 3050. The second-order valence-electron chi connectivity index (χ2n) is 16.5. The summed E-state index contributed by atoms with van der Waals surface area (Å²) < 4.78 is 0. The van der Waals surface area contributed by atoms with Gasteiger partial charge in [-0.3, -0.25) is 0 Å². The first-order chi connectivity index (χ1) is 28.0. The Labute approximate surface area is 334 Å². The first-order valence-electron chi connectivity index (χ1n) is 20.1. The van der Waals surface area contributed by atoms with Crippen molar-refractivity contribution in [1.82, 2.24) is 0 Å². The van der Waals surface area contributed by atoms with Gasteiger partial charge in [0.15, 0.2) is 0 Å². The molecule has 9 aromatic rings. The molecule has 57 heavy (non-hydrogen) atoms. The molecule has 3 aliphatic rings. The zero-order valence-corrected chi connectivity index (χ0v) is 32.0. The van der Waals surface area contributed by atoms with Gasteiger partial charge in [-0.1, -0.05) is 166 Å². The summed E-state index contributed by atoms with van der Waals surface area (Å²) in [7, 11) is 0. The molecule has 0 radical (unpaired) electrons. The molecule has 0 unspecified atom stereocenters. The highest BCUT2D eigenvalue weighted by Gasteiger charge is 2.52. The maximum atomic E-state index is 2.51. The first kappa shape index (κ1) is 32.3. The SMILES string of the molecule is CC1(C)c2ccccc2-c2ccc(N(c3ccc(-c4ccccc4)cc3)c3ccc4c(c3)C3(c5ccccc5-c5ccccc53)c3cc5ccccc5cc3-4)cc21. The molecule has 0 fully saturated rings. The molecule has 0 saturated carbocycles. The number of hydrogen-bond acceptors (Lipinski definition) is 1. The summed E-state index contributed by atoms with van der Waals surface area (Å²) in [6.07, 6.45) is 0. The minimum atomic E-state index is -0.456. The fraction of sp³-hybridized carbons (Fsp3) is 0.0714. The van der Waals surface area contributed by atoms with E-state index < -0.39 is 5.41 Å². The molecule has 3 aliphatic carbocycles. The van der Waals surface area contributed by atoms with Crippen molar-refractivity contribution in [2.75, 3.05) is 4.90 Å². The van der Waals surface area contributed by atoms with Gasteiger partial charge < -0.3 is 4.90 Å². The van der Waals surface area contributed by atoms with Crippen LogP contribution in [0.3, 0.4) is 0 Å². The number of benzene rings is 9. The van der Waals surface area contributed by atoms with Crippen LogP contribution in [0.25, 0.3) is 55.3 Å². The summed E-state index contributed by atoms with van der Waals surface area (Å²) in [5.41, 5.74) is 21.4. The van der Waals surface area contributed by atoms with Gasteiger partial charge in [0.2, 0.25) is 0 Å². The monoisotopic (exact) mass is 725 g/mol. The predicted octanol–water partition coefficient (Wildman–Crippen LogP) is 14.6. The lowest BCUT2D eigenvalue weighted by Crippen LogP contribution is -2.26. The van der Waals surface area contributed by atoms with Gasteiger partial charge >= 0.3 is 0 Å². The minimum Gasteiger partial charge on any atom is -0.310 e. The third kappa shape index (κ3) is 4.40. The van der Waals surface area contributed by atoms with E-state index >= 15 is 0 Å². The first-order valence-corrected chi connectivity index (χ1v) is 20.1. The number of anilines is 3. The standard InChI is InChI=1S/C56H39N/c1-55(2)49-21-11-8-18-43(49)46-30-28-41(34-52(46)55)57(40-26-24-37(25-27-40)36-14-4-3-5-15-36)42-29-31-47-48-32-38-16-6-7-17-39(38)33-53(48)56(54(47)35-42)50-22-12-9-19-44(50)45-20-10-13-23-51(45)56/h3-35H,1-2H3. The summed E-state index contributed by atoms with van der Waals surface area (Å²) in [6.45, 7) is 4.74. The molecular weight excluding hydrogens is 687 g/mol. The van der Waals surface area contributed by atoms with E-state index in [-0.39, 0.29) is 5.41 Å². The molecule has 0 N–H and O–H groups in total. The lowest BCUT2D eigenvalue weighted by Gasteiger charge is -2.32. The van der Waals surface area contributed by atoms with Gasteiger partial charge in [-0.25, -0.2) is 0 Å². The van der Waals surface area contributed by atoms with Crippen LogP contribution in [0.1, 0.15) is 47.2 Å². The number of fused-ring (bicyclic) bond motifs is 14. The third-order valence-corrected chi connectivity index (χ3v) is 13.3. The van der Waals surface area contributed by atoms with Crippen LogP contribution in [0.4, 0.5) is 17.1 Å². The van der Waals surface area contributed by atoms with Gasteiger partial charge in [0.1, 0.15) is 0 Å². The molecule has 9 aromatic carbocycles. The molecule has 12 rings (SSSR count). The smallest absolute Gasteiger partial charge is 0.0726 e. The van der Waals surface area contributed by atoms with Gasteiger partial charge in [0, 0.05) is 22.5 Å². The van der Waals surface area contributed by atoms with Crippen molar-refractivity contribution in [3.8, 4) is 44.5 Å². The van der Waals surface area contributed by atoms with Crippen molar-refractivity contribution in [2.45, 2.75) is 24.7 Å². The van der Waals surface area contributed by atoms with E-state index in [1.807, 2.05) is 0 Å². The Morgan fingerprint density at radius 2 is 0.737 bits per heavy atom. The maximum absolute atomic E-state index is 2.51. The van der Waals surface area contributed by atoms with E-state index in [1.54, 1.807) is 0 Å². The van der Waals surface area contributed by atoms with E-state index in [1.165, 1.54) is 88.7 Å². The van der Waals surface area contributed by atoms with Crippen LogP contribution >= 0.6 is 0 Å². The van der Waals surface area contributed by atoms with Crippen molar-refractivity contribution in [3.05, 3.63) is 234 Å². The van der Waals surface area contributed by atoms with Crippen LogP contribution in [-0.2, 0) is 10.8 Å². The Hall–Kier alpha value is -6.96. The predicted molar refractivity (Wildman–Crippen MR) is 238 cm³/mol. The van der Waals surface area contributed by atoms with Crippen LogP contribution in [0, 0.1) is 0 Å². The van der Waals surface area contributed by atoms with Gasteiger partial charge in [0.25, 0.3) is 0 Å². The molecule has 0 atom stereocenters. The Morgan fingerprint density at radius 3 is 1.39 bits per heavy atom. The summed E-state index contributed by atoms with van der Waals surface area (Å²) in [6, 6.07) is 75.0. The lowest BCUT2D eigenvalue weighted by molar-refractivity contribution is 0.660. The van der Waals surface area contributed by atoms with Crippen molar-refractivity contribution in [2.24, 2.45) is 0 Å². The lowest BCUT2D eigenvalue weighted by atomic mass is 9.70. The Kier molecular flexibility index (Phi) is 6.67. The van der Waals surface area contributed by atoms with Crippen molar-refractivity contribution >= 4 is 27.8 Å². The number of hydrogen-bond donors (Lipinski definition) is 0. The van der Waals surface area contributed by atoms with Crippen LogP contribution < -0.4 is 4.90 Å². The van der Waals surface area contributed by atoms with Crippen LogP contribution in [0.15, 0.2) is 200 Å². The molecule has 0 bridgehead atoms. The van der Waals surface area contributed by atoms with E-state index in [4.69, 9.17) is 0 Å². The molecule has 1 spiro atoms. The zero-order valence-electron chi connectivity index (χ0n) is 32.0. The third-order valence-electron chi connectivity index (χ3n) is 13.3. The molecule has 0 amide bonds. The van der Waals surface area contributed by atoms with Crippen molar-refractivity contribution in [3.63, 3.8) is 0 Å². The van der Waals surface area contributed by atoms with Gasteiger partial charge in [-0.05, 0) is 137 Å². The van der Waals surface area contributed by atoms with E-state index in [2.05, 4.69) is 219 Å². The Balaban J connectivity index is 1.12. The number of rotatable bonds is 4. The molecule has 0 heterocycles. The highest BCUT2D eigenvalue weighted by atomic mass is 15.1. The van der Waals surface area contributed by atoms with Gasteiger partial charge in [-0.2, -0.15) is 0 Å². The molecular formula is C56H39N.